The predicted octanol–water partition coefficient (Wildman–Crippen LogP) is 3.93. The van der Waals surface area contributed by atoms with Crippen LogP contribution in [0.2, 0.25) is 0 Å². The highest BCUT2D eigenvalue weighted by molar-refractivity contribution is 9.10. The second kappa shape index (κ2) is 6.82. The van der Waals surface area contributed by atoms with Gasteiger partial charge in [0.2, 0.25) is 0 Å². The molecule has 4 nitrogen and oxygen atoms in total. The number of sulfone groups is 1. The molecule has 1 aliphatic rings. The van der Waals surface area contributed by atoms with Crippen molar-refractivity contribution in [1.29, 1.82) is 0 Å². The summed E-state index contributed by atoms with van der Waals surface area (Å²) < 4.78 is 92.6. The average Bonchev–Trinajstić information content (AvgIpc) is 3.03. The summed E-state index contributed by atoms with van der Waals surface area (Å²) in [5.41, 5.74) is 0.878. The van der Waals surface area contributed by atoms with Gasteiger partial charge >= 0.3 is 6.18 Å². The second-order valence-electron chi connectivity index (χ2n) is 6.16. The lowest BCUT2D eigenvalue weighted by Crippen LogP contribution is -2.44. The Morgan fingerprint density at radius 2 is 1.64 bits per heavy atom. The first-order valence-electron chi connectivity index (χ1n) is 7.63. The highest BCUT2D eigenvalue weighted by Crippen LogP contribution is 2.40. The number of hydrogen-bond acceptors (Lipinski definition) is 4. The molecular weight excluding hydrogens is 471 g/mol. The lowest BCUT2D eigenvalue weighted by atomic mass is 9.83. The van der Waals surface area contributed by atoms with Crippen molar-refractivity contribution < 1.29 is 30.4 Å². The molecule has 150 valence electrons. The van der Waals surface area contributed by atoms with Crippen molar-refractivity contribution in [2.24, 2.45) is 0 Å². The first-order chi connectivity index (χ1) is 12.8. The Balaban J connectivity index is 2.29. The first kappa shape index (κ1) is 20.7. The van der Waals surface area contributed by atoms with Crippen LogP contribution >= 0.6 is 15.9 Å². The number of allylic oxidation sites excluding steroid dienone is 1. The Kier molecular flexibility index (Phi) is 5.05. The van der Waals surface area contributed by atoms with Crippen molar-refractivity contribution in [2.45, 2.75) is 16.6 Å². The zero-order valence-electron chi connectivity index (χ0n) is 14.0. The third kappa shape index (κ3) is 3.65. The summed E-state index contributed by atoms with van der Waals surface area (Å²) in [5.74, 6) is -2.45. The van der Waals surface area contributed by atoms with Gasteiger partial charge in [0.1, 0.15) is 27.8 Å². The summed E-state index contributed by atoms with van der Waals surface area (Å²) in [6.45, 7) is 0. The van der Waals surface area contributed by atoms with E-state index in [1.54, 1.807) is 0 Å². The van der Waals surface area contributed by atoms with Crippen LogP contribution in [0.1, 0.15) is 11.1 Å². The maximum Gasteiger partial charge on any atom is 0.432 e. The van der Waals surface area contributed by atoms with E-state index < -0.39 is 49.3 Å². The second-order valence-corrected chi connectivity index (χ2v) is 9.06. The monoisotopic (exact) mass is 482 g/mol. The SMILES string of the molecule is CS(=O)(=O)c1cc(F)c(C2(c3ccc(Br)cc3)C=C(C(F)(F)F)NN2)cc1F. The van der Waals surface area contributed by atoms with Crippen LogP contribution in [0.25, 0.3) is 0 Å². The fraction of sp³-hybridized carbons (Fsp3) is 0.176. The smallest absolute Gasteiger partial charge is 0.316 e. The third-order valence-corrected chi connectivity index (χ3v) is 5.85. The van der Waals surface area contributed by atoms with E-state index in [1.165, 1.54) is 24.3 Å². The van der Waals surface area contributed by atoms with Gasteiger partial charge in [-0.3, -0.25) is 0 Å². The maximum atomic E-state index is 14.8. The van der Waals surface area contributed by atoms with Gasteiger partial charge in [-0.2, -0.15) is 13.2 Å². The van der Waals surface area contributed by atoms with Crippen molar-refractivity contribution in [1.82, 2.24) is 10.9 Å². The normalized spacial score (nSPS) is 20.0. The number of hydrazine groups is 1. The zero-order valence-corrected chi connectivity index (χ0v) is 16.4. The Hall–Kier alpha value is -1.98. The van der Waals surface area contributed by atoms with Crippen LogP contribution in [-0.2, 0) is 15.4 Å². The molecule has 1 unspecified atom stereocenters. The van der Waals surface area contributed by atoms with E-state index in [0.717, 1.165) is 0 Å². The van der Waals surface area contributed by atoms with E-state index in [9.17, 15) is 30.4 Å². The van der Waals surface area contributed by atoms with E-state index >= 15 is 0 Å². The minimum absolute atomic E-state index is 0.174. The standard InChI is InChI=1S/C17H12BrF5N2O2S/c1-28(26,27)14-7-12(19)11(6-13(14)20)16(9-2-4-10(18)5-3-9)8-15(24-25-16)17(21,22)23/h2-8,24-25H,1H3. The average molecular weight is 483 g/mol. The highest BCUT2D eigenvalue weighted by Gasteiger charge is 2.46. The third-order valence-electron chi connectivity index (χ3n) is 4.21. The van der Waals surface area contributed by atoms with Crippen molar-refractivity contribution in [2.75, 3.05) is 6.26 Å². The lowest BCUT2D eigenvalue weighted by molar-refractivity contribution is -0.0965. The number of benzene rings is 2. The number of halogens is 6. The van der Waals surface area contributed by atoms with Crippen molar-refractivity contribution in [3.8, 4) is 0 Å². The summed E-state index contributed by atoms with van der Waals surface area (Å²) >= 11 is 3.20. The van der Waals surface area contributed by atoms with Crippen LogP contribution in [0.4, 0.5) is 22.0 Å². The van der Waals surface area contributed by atoms with Gasteiger partial charge in [-0.15, -0.1) is 0 Å². The van der Waals surface area contributed by atoms with Crippen LogP contribution in [0, 0.1) is 11.6 Å². The van der Waals surface area contributed by atoms with E-state index in [1.807, 2.05) is 5.43 Å². The molecule has 1 aliphatic heterocycles. The molecule has 2 aromatic rings. The van der Waals surface area contributed by atoms with Crippen LogP contribution in [0.5, 0.6) is 0 Å². The van der Waals surface area contributed by atoms with E-state index in [0.29, 0.717) is 28.9 Å². The Morgan fingerprint density at radius 3 is 2.14 bits per heavy atom. The molecule has 0 amide bonds. The Bertz CT molecular complexity index is 1070. The van der Waals surface area contributed by atoms with Gasteiger partial charge in [0.05, 0.1) is 0 Å². The molecule has 3 rings (SSSR count). The molecular formula is C17H12BrF5N2O2S. The fourth-order valence-electron chi connectivity index (χ4n) is 2.89. The quantitative estimate of drug-likeness (QED) is 0.650. The minimum Gasteiger partial charge on any atom is -0.316 e. The number of nitrogens with one attached hydrogen (secondary N) is 2. The fourth-order valence-corrected chi connectivity index (χ4v) is 3.89. The Morgan fingerprint density at radius 1 is 1.04 bits per heavy atom. The van der Waals surface area contributed by atoms with Gasteiger partial charge < -0.3 is 5.43 Å². The van der Waals surface area contributed by atoms with Crippen LogP contribution < -0.4 is 10.9 Å². The van der Waals surface area contributed by atoms with Gasteiger partial charge in [0.15, 0.2) is 9.84 Å². The van der Waals surface area contributed by atoms with Gasteiger partial charge in [0.25, 0.3) is 0 Å². The molecule has 1 atom stereocenters. The molecule has 0 radical (unpaired) electrons. The van der Waals surface area contributed by atoms with Crippen molar-refractivity contribution in [3.63, 3.8) is 0 Å². The summed E-state index contributed by atoms with van der Waals surface area (Å²) in [7, 11) is -4.07. The van der Waals surface area contributed by atoms with Gasteiger partial charge in [0, 0.05) is 16.3 Å². The van der Waals surface area contributed by atoms with E-state index in [2.05, 4.69) is 21.4 Å². The summed E-state index contributed by atoms with van der Waals surface area (Å²) in [6, 6.07) is 6.95. The molecule has 2 aromatic carbocycles. The number of rotatable bonds is 3. The molecule has 28 heavy (non-hydrogen) atoms. The van der Waals surface area contributed by atoms with Crippen LogP contribution in [0.15, 0.2) is 57.5 Å². The summed E-state index contributed by atoms with van der Waals surface area (Å²) in [6.07, 6.45) is -3.38. The highest BCUT2D eigenvalue weighted by atomic mass is 79.9. The number of hydrogen-bond donors (Lipinski definition) is 2. The molecule has 0 fully saturated rings. The van der Waals surface area contributed by atoms with Gasteiger partial charge in [-0.1, -0.05) is 28.1 Å². The molecule has 0 aromatic heterocycles. The molecule has 11 heteroatoms. The molecule has 0 bridgehead atoms. The summed E-state index contributed by atoms with van der Waals surface area (Å²) in [4.78, 5) is -0.884. The molecule has 0 aliphatic carbocycles. The Labute approximate surface area is 165 Å². The molecule has 0 saturated heterocycles. The van der Waals surface area contributed by atoms with Gasteiger partial charge in [-0.05, 0) is 35.9 Å². The zero-order chi connectivity index (χ0) is 20.9. The summed E-state index contributed by atoms with van der Waals surface area (Å²) in [5, 5.41) is 0. The minimum atomic E-state index is -4.77. The molecule has 1 heterocycles. The lowest BCUT2D eigenvalue weighted by Gasteiger charge is -2.29. The van der Waals surface area contributed by atoms with Gasteiger partial charge in [-0.25, -0.2) is 22.6 Å². The van der Waals surface area contributed by atoms with E-state index in [-0.39, 0.29) is 5.56 Å². The molecule has 0 spiro atoms. The molecule has 2 N–H and O–H groups in total. The van der Waals surface area contributed by atoms with Crippen molar-refractivity contribution >= 4 is 25.8 Å². The van der Waals surface area contributed by atoms with Crippen molar-refractivity contribution in [3.05, 3.63) is 75.4 Å². The topological polar surface area (TPSA) is 58.2 Å². The maximum absolute atomic E-state index is 14.8. The predicted molar refractivity (Wildman–Crippen MR) is 94.8 cm³/mol. The molecule has 0 saturated carbocycles. The van der Waals surface area contributed by atoms with Crippen LogP contribution in [-0.4, -0.2) is 20.8 Å². The van der Waals surface area contributed by atoms with E-state index in [4.69, 9.17) is 0 Å². The number of alkyl halides is 3. The first-order valence-corrected chi connectivity index (χ1v) is 10.3. The largest absolute Gasteiger partial charge is 0.432 e. The van der Waals surface area contributed by atoms with Crippen LogP contribution in [0.3, 0.4) is 0 Å².